The van der Waals surface area contributed by atoms with Gasteiger partial charge in [-0.2, -0.15) is 0 Å². The van der Waals surface area contributed by atoms with Gasteiger partial charge in [-0.3, -0.25) is 0 Å². The summed E-state index contributed by atoms with van der Waals surface area (Å²) >= 11 is 0. The smallest absolute Gasteiger partial charge is 0.130 e. The maximum Gasteiger partial charge on any atom is 0.130 e. The van der Waals surface area contributed by atoms with Crippen LogP contribution in [-0.2, 0) is 13.1 Å². The van der Waals surface area contributed by atoms with E-state index in [9.17, 15) is 8.78 Å². The van der Waals surface area contributed by atoms with Crippen molar-refractivity contribution in [1.29, 1.82) is 0 Å². The molecule has 0 spiro atoms. The maximum atomic E-state index is 13.4. The van der Waals surface area contributed by atoms with Crippen molar-refractivity contribution in [3.8, 4) is 5.75 Å². The van der Waals surface area contributed by atoms with Crippen molar-refractivity contribution in [2.24, 2.45) is 0 Å². The van der Waals surface area contributed by atoms with Crippen LogP contribution in [0.5, 0.6) is 5.75 Å². The van der Waals surface area contributed by atoms with Gasteiger partial charge in [0.2, 0.25) is 0 Å². The van der Waals surface area contributed by atoms with Crippen molar-refractivity contribution in [3.63, 3.8) is 0 Å². The van der Waals surface area contributed by atoms with Crippen molar-refractivity contribution in [1.82, 2.24) is 5.32 Å². The molecule has 0 saturated carbocycles. The Hall–Kier alpha value is -1.94. The van der Waals surface area contributed by atoms with E-state index in [0.29, 0.717) is 13.2 Å². The van der Waals surface area contributed by atoms with E-state index in [1.54, 1.807) is 0 Å². The number of nitrogens with one attached hydrogen (secondary N) is 1. The minimum absolute atomic E-state index is 0.0634. The van der Waals surface area contributed by atoms with Crippen LogP contribution in [0.1, 0.15) is 18.1 Å². The highest BCUT2D eigenvalue weighted by molar-refractivity contribution is 5.28. The molecule has 2 rings (SSSR count). The van der Waals surface area contributed by atoms with Gasteiger partial charge in [-0.25, -0.2) is 8.78 Å². The summed E-state index contributed by atoms with van der Waals surface area (Å²) in [6.45, 7) is 3.20. The summed E-state index contributed by atoms with van der Waals surface area (Å²) in [5.74, 6) is -0.259. The minimum atomic E-state index is -0.527. The quantitative estimate of drug-likeness (QED) is 0.870. The number of hydrogen-bond acceptors (Lipinski definition) is 2. The van der Waals surface area contributed by atoms with Crippen molar-refractivity contribution in [2.45, 2.75) is 20.0 Å². The molecule has 2 aromatic carbocycles. The molecular weight excluding hydrogens is 260 g/mol. The van der Waals surface area contributed by atoms with Crippen LogP contribution in [-0.4, -0.2) is 6.61 Å². The Labute approximate surface area is 117 Å². The van der Waals surface area contributed by atoms with E-state index in [2.05, 4.69) is 5.32 Å². The van der Waals surface area contributed by atoms with Crippen LogP contribution in [0.3, 0.4) is 0 Å². The summed E-state index contributed by atoms with van der Waals surface area (Å²) in [5.41, 5.74) is 1.07. The van der Waals surface area contributed by atoms with E-state index in [1.165, 1.54) is 18.2 Å². The molecule has 0 unspecified atom stereocenters. The molecule has 2 nitrogen and oxygen atoms in total. The fraction of sp³-hybridized carbons (Fsp3) is 0.250. The molecule has 0 aliphatic rings. The fourth-order valence-corrected chi connectivity index (χ4v) is 1.94. The molecule has 4 heteroatoms. The standard InChI is InChI=1S/C16H17F2NO/c1-2-20-13-6-3-5-12(9-13)10-19-11-14-15(17)7-4-8-16(14)18/h3-9,19H,2,10-11H2,1H3. The monoisotopic (exact) mass is 277 g/mol. The Morgan fingerprint density at radius 1 is 1.00 bits per heavy atom. The Bertz CT molecular complexity index is 552. The van der Waals surface area contributed by atoms with Crippen LogP contribution < -0.4 is 10.1 Å². The number of rotatable bonds is 6. The van der Waals surface area contributed by atoms with Crippen LogP contribution in [0.4, 0.5) is 8.78 Å². The molecule has 0 aromatic heterocycles. The molecule has 106 valence electrons. The first-order valence-corrected chi connectivity index (χ1v) is 6.56. The SMILES string of the molecule is CCOc1cccc(CNCc2c(F)cccc2F)c1. The lowest BCUT2D eigenvalue weighted by atomic mass is 10.1. The van der Waals surface area contributed by atoms with E-state index in [4.69, 9.17) is 4.74 Å². The molecule has 0 aliphatic heterocycles. The molecule has 0 heterocycles. The van der Waals surface area contributed by atoms with E-state index in [1.807, 2.05) is 31.2 Å². The highest BCUT2D eigenvalue weighted by Crippen LogP contribution is 2.14. The van der Waals surface area contributed by atoms with Crippen LogP contribution in [0.25, 0.3) is 0 Å². The lowest BCUT2D eigenvalue weighted by Crippen LogP contribution is -2.15. The molecule has 0 amide bonds. The van der Waals surface area contributed by atoms with E-state index in [-0.39, 0.29) is 12.1 Å². The third kappa shape index (κ3) is 3.78. The molecular formula is C16H17F2NO. The largest absolute Gasteiger partial charge is 0.494 e. The van der Waals surface area contributed by atoms with Crippen molar-refractivity contribution < 1.29 is 13.5 Å². The van der Waals surface area contributed by atoms with Gasteiger partial charge in [-0.15, -0.1) is 0 Å². The van der Waals surface area contributed by atoms with Crippen molar-refractivity contribution in [2.75, 3.05) is 6.61 Å². The summed E-state index contributed by atoms with van der Waals surface area (Å²) in [6, 6.07) is 11.5. The zero-order valence-electron chi connectivity index (χ0n) is 11.3. The molecule has 2 aromatic rings. The highest BCUT2D eigenvalue weighted by atomic mass is 19.1. The van der Waals surface area contributed by atoms with Gasteiger partial charge in [0.15, 0.2) is 0 Å². The molecule has 0 radical (unpaired) electrons. The average molecular weight is 277 g/mol. The van der Waals surface area contributed by atoms with Gasteiger partial charge in [0.25, 0.3) is 0 Å². The fourth-order valence-electron chi connectivity index (χ4n) is 1.94. The van der Waals surface area contributed by atoms with E-state index in [0.717, 1.165) is 11.3 Å². The molecule has 0 fully saturated rings. The lowest BCUT2D eigenvalue weighted by Gasteiger charge is -2.09. The number of halogens is 2. The maximum absolute atomic E-state index is 13.4. The Balaban J connectivity index is 1.94. The highest BCUT2D eigenvalue weighted by Gasteiger charge is 2.07. The average Bonchev–Trinajstić information content (AvgIpc) is 2.43. The molecule has 0 aliphatic carbocycles. The normalized spacial score (nSPS) is 10.6. The lowest BCUT2D eigenvalue weighted by molar-refractivity contribution is 0.340. The van der Waals surface area contributed by atoms with Gasteiger partial charge in [0, 0.05) is 18.7 Å². The van der Waals surface area contributed by atoms with Gasteiger partial charge >= 0.3 is 0 Å². The van der Waals surface area contributed by atoms with Crippen LogP contribution in [0, 0.1) is 11.6 Å². The number of hydrogen-bond donors (Lipinski definition) is 1. The summed E-state index contributed by atoms with van der Waals surface area (Å²) in [5, 5.41) is 3.03. The van der Waals surface area contributed by atoms with Crippen LogP contribution >= 0.6 is 0 Å². The van der Waals surface area contributed by atoms with Crippen LogP contribution in [0.15, 0.2) is 42.5 Å². The third-order valence-corrected chi connectivity index (χ3v) is 2.90. The first-order valence-electron chi connectivity index (χ1n) is 6.56. The van der Waals surface area contributed by atoms with Gasteiger partial charge in [-0.1, -0.05) is 18.2 Å². The van der Waals surface area contributed by atoms with Gasteiger partial charge < -0.3 is 10.1 Å². The molecule has 20 heavy (non-hydrogen) atoms. The Kier molecular flexibility index (Phi) is 5.07. The predicted molar refractivity (Wildman–Crippen MR) is 74.5 cm³/mol. The first kappa shape index (κ1) is 14.5. The summed E-state index contributed by atoms with van der Waals surface area (Å²) < 4.78 is 32.3. The van der Waals surface area contributed by atoms with Crippen molar-refractivity contribution >= 4 is 0 Å². The van der Waals surface area contributed by atoms with Crippen molar-refractivity contribution in [3.05, 3.63) is 65.2 Å². The summed E-state index contributed by atoms with van der Waals surface area (Å²) in [6.07, 6.45) is 0. The number of ether oxygens (including phenoxy) is 1. The predicted octanol–water partition coefficient (Wildman–Crippen LogP) is 3.65. The minimum Gasteiger partial charge on any atom is -0.494 e. The third-order valence-electron chi connectivity index (χ3n) is 2.90. The van der Waals surface area contributed by atoms with Crippen LogP contribution in [0.2, 0.25) is 0 Å². The molecule has 0 saturated heterocycles. The Morgan fingerprint density at radius 2 is 1.70 bits per heavy atom. The second-order valence-corrected chi connectivity index (χ2v) is 4.38. The van der Waals surface area contributed by atoms with Gasteiger partial charge in [-0.05, 0) is 36.8 Å². The Morgan fingerprint density at radius 3 is 2.40 bits per heavy atom. The van der Waals surface area contributed by atoms with Gasteiger partial charge in [0.1, 0.15) is 17.4 Å². The first-order chi connectivity index (χ1) is 9.70. The summed E-state index contributed by atoms with van der Waals surface area (Å²) in [4.78, 5) is 0. The molecule has 0 atom stereocenters. The molecule has 1 N–H and O–H groups in total. The second kappa shape index (κ2) is 7.01. The second-order valence-electron chi connectivity index (χ2n) is 4.38. The zero-order valence-corrected chi connectivity index (χ0v) is 11.3. The van der Waals surface area contributed by atoms with E-state index >= 15 is 0 Å². The van der Waals surface area contributed by atoms with E-state index < -0.39 is 11.6 Å². The topological polar surface area (TPSA) is 21.3 Å². The number of benzene rings is 2. The van der Waals surface area contributed by atoms with Gasteiger partial charge in [0.05, 0.1) is 6.61 Å². The summed E-state index contributed by atoms with van der Waals surface area (Å²) in [7, 11) is 0. The molecule has 0 bridgehead atoms. The zero-order chi connectivity index (χ0) is 14.4.